The Morgan fingerprint density at radius 3 is 2.56 bits per heavy atom. The molecule has 0 aliphatic heterocycles. The first-order valence-electron chi connectivity index (χ1n) is 12.7. The molecule has 0 saturated heterocycles. The predicted octanol–water partition coefficient (Wildman–Crippen LogP) is 3.53. The first kappa shape index (κ1) is 28.1. The van der Waals surface area contributed by atoms with Crippen LogP contribution < -0.4 is 10.9 Å². The maximum Gasteiger partial charge on any atom is 0.295 e. The van der Waals surface area contributed by atoms with Gasteiger partial charge in [0.2, 0.25) is 0 Å². The predicted molar refractivity (Wildman–Crippen MR) is 153 cm³/mol. The molecule has 3 aromatic rings. The van der Waals surface area contributed by atoms with E-state index in [1.807, 2.05) is 27.7 Å². The van der Waals surface area contributed by atoms with Crippen LogP contribution in [0.15, 0.2) is 33.0 Å². The van der Waals surface area contributed by atoms with Crippen molar-refractivity contribution in [2.45, 2.75) is 65.8 Å². The number of hydrogen-bond acceptors (Lipinski definition) is 11. The normalized spacial score (nSPS) is 15.4. The van der Waals surface area contributed by atoms with Gasteiger partial charge in [-0.2, -0.15) is 0 Å². The summed E-state index contributed by atoms with van der Waals surface area (Å²) in [6.45, 7) is 12.7. The van der Waals surface area contributed by atoms with Crippen LogP contribution in [0.4, 0.5) is 5.82 Å². The third-order valence-electron chi connectivity index (χ3n) is 6.77. The van der Waals surface area contributed by atoms with Crippen molar-refractivity contribution in [3.8, 4) is 11.4 Å². The van der Waals surface area contributed by atoms with Crippen molar-refractivity contribution >= 4 is 38.6 Å². The summed E-state index contributed by atoms with van der Waals surface area (Å²) in [5.41, 5.74) is 4.09. The second-order valence-corrected chi connectivity index (χ2v) is 11.9. The van der Waals surface area contributed by atoms with Gasteiger partial charge in [-0.15, -0.1) is 0 Å². The fourth-order valence-corrected chi connectivity index (χ4v) is 4.30. The van der Waals surface area contributed by atoms with Gasteiger partial charge >= 0.3 is 0 Å². The second-order valence-electron chi connectivity index (χ2n) is 9.74. The topological polar surface area (TPSA) is 157 Å². The quantitative estimate of drug-likeness (QED) is 0.310. The van der Waals surface area contributed by atoms with Crippen molar-refractivity contribution in [3.05, 3.63) is 45.7 Å². The minimum Gasteiger partial charge on any atom is -0.360 e. The lowest BCUT2D eigenvalue weighted by atomic mass is 10.1. The maximum atomic E-state index is 13.7. The highest BCUT2D eigenvalue weighted by Crippen LogP contribution is 2.43. The largest absolute Gasteiger partial charge is 0.360 e. The Balaban J connectivity index is 1.82. The Labute approximate surface area is 227 Å². The van der Waals surface area contributed by atoms with Crippen LogP contribution in [0.3, 0.4) is 0 Å². The third-order valence-corrected chi connectivity index (χ3v) is 7.95. The van der Waals surface area contributed by atoms with Gasteiger partial charge in [0.1, 0.15) is 16.9 Å². The van der Waals surface area contributed by atoms with E-state index in [1.165, 1.54) is 13.1 Å². The van der Waals surface area contributed by atoms with E-state index >= 15 is 0 Å². The number of anilines is 1. The Hall–Kier alpha value is -3.87. The summed E-state index contributed by atoms with van der Waals surface area (Å²) in [5, 5.41) is 2.96. The third kappa shape index (κ3) is 5.92. The van der Waals surface area contributed by atoms with Gasteiger partial charge in [-0.05, 0) is 53.7 Å². The van der Waals surface area contributed by atoms with E-state index in [-0.39, 0.29) is 29.0 Å². The molecule has 0 unspecified atom stereocenters. The fraction of sp³-hybridized carbons (Fsp3) is 0.462. The molecule has 0 bridgehead atoms. The molecular weight excluding hydrogens is 518 g/mol. The van der Waals surface area contributed by atoms with Crippen LogP contribution in [0.2, 0.25) is 0 Å². The van der Waals surface area contributed by atoms with E-state index in [2.05, 4.69) is 37.0 Å². The van der Waals surface area contributed by atoms with Crippen LogP contribution in [-0.4, -0.2) is 62.5 Å². The zero-order valence-electron chi connectivity index (χ0n) is 23.1. The molecular formula is C26H33N9O3S. The summed E-state index contributed by atoms with van der Waals surface area (Å²) in [5.74, 6) is 0.951. The van der Waals surface area contributed by atoms with E-state index in [9.17, 15) is 13.2 Å². The van der Waals surface area contributed by atoms with Crippen LogP contribution in [-0.2, 0) is 9.84 Å². The molecule has 1 saturated carbocycles. The average molecular weight is 552 g/mol. The molecule has 1 fully saturated rings. The molecule has 0 radical (unpaired) electrons. The van der Waals surface area contributed by atoms with E-state index in [0.29, 0.717) is 40.7 Å². The summed E-state index contributed by atoms with van der Waals surface area (Å²) < 4.78 is 24.9. The number of aliphatic imine (C=N–C) groups is 2. The molecule has 1 aliphatic carbocycles. The van der Waals surface area contributed by atoms with Gasteiger partial charge in [0.15, 0.2) is 27.1 Å². The number of aromatic nitrogens is 6. The van der Waals surface area contributed by atoms with Gasteiger partial charge in [-0.3, -0.25) is 14.4 Å². The van der Waals surface area contributed by atoms with Crippen LogP contribution in [0.25, 0.3) is 22.6 Å². The van der Waals surface area contributed by atoms with Crippen LogP contribution in [0.1, 0.15) is 69.1 Å². The second kappa shape index (κ2) is 11.1. The molecule has 1 atom stereocenters. The van der Waals surface area contributed by atoms with Crippen LogP contribution in [0, 0.1) is 13.8 Å². The first-order chi connectivity index (χ1) is 18.5. The average Bonchev–Trinajstić information content (AvgIpc) is 3.73. The highest BCUT2D eigenvalue weighted by Gasteiger charge is 2.30. The van der Waals surface area contributed by atoms with Crippen molar-refractivity contribution in [1.82, 2.24) is 29.5 Å². The Morgan fingerprint density at radius 1 is 1.23 bits per heavy atom. The highest BCUT2D eigenvalue weighted by molar-refractivity contribution is 8.05. The molecule has 0 spiro atoms. The maximum absolute atomic E-state index is 13.7. The minimum absolute atomic E-state index is 0.0564. The molecule has 3 aromatic heterocycles. The number of fused-ring (bicyclic) bond motifs is 1. The van der Waals surface area contributed by atoms with E-state index in [4.69, 9.17) is 9.97 Å². The van der Waals surface area contributed by atoms with Crippen molar-refractivity contribution in [2.24, 2.45) is 9.98 Å². The number of nitrogens with one attached hydrogen (secondary N) is 1. The summed E-state index contributed by atoms with van der Waals surface area (Å²) >= 11 is 0. The Kier molecular flexibility index (Phi) is 8.00. The molecule has 12 nitrogen and oxygen atoms in total. The zero-order valence-corrected chi connectivity index (χ0v) is 23.9. The number of nitrogens with zero attached hydrogens (tertiary/aromatic N) is 8. The summed E-state index contributed by atoms with van der Waals surface area (Å²) in [4.78, 5) is 44.7. The van der Waals surface area contributed by atoms with E-state index in [0.717, 1.165) is 36.0 Å². The van der Waals surface area contributed by atoms with Gasteiger partial charge in [-0.25, -0.2) is 38.3 Å². The van der Waals surface area contributed by atoms with Crippen molar-refractivity contribution in [3.63, 3.8) is 0 Å². The summed E-state index contributed by atoms with van der Waals surface area (Å²) in [7, 11) is -3.42. The van der Waals surface area contributed by atoms with Gasteiger partial charge in [0.25, 0.3) is 5.56 Å². The summed E-state index contributed by atoms with van der Waals surface area (Å²) in [6.07, 6.45) is 6.77. The SMILES string of the molecule is C=N/C(=C\N=C(/C)S(C)(=O)=O)CNc1nc2c(C)nc(-c3c(C)ncnc3C3CC3)nc2n([C@H](C)CC)c1=O. The fourth-order valence-electron chi connectivity index (χ4n) is 4.05. The standard InChI is InChI=1S/C26H33N9O3S/c1-8-14(2)35-25-21(16(4)32-23(34-25)20-15(3)30-13-31-22(20)18-9-10-18)33-24(26(35)36)29-12-19(27-6)11-28-17(5)39(7,37)38/h11,13-14,18H,6,8-10,12H2,1-5,7H3,(H,29,33)/b19-11-,28-17+/t14-/m1/s1. The minimum atomic E-state index is -3.42. The molecule has 0 amide bonds. The summed E-state index contributed by atoms with van der Waals surface area (Å²) in [6, 6.07) is -0.170. The molecule has 1 N–H and O–H groups in total. The molecule has 3 heterocycles. The lowest BCUT2D eigenvalue weighted by molar-refractivity contribution is 0.526. The van der Waals surface area contributed by atoms with E-state index < -0.39 is 9.84 Å². The van der Waals surface area contributed by atoms with Crippen LogP contribution >= 0.6 is 0 Å². The van der Waals surface area contributed by atoms with Crippen LogP contribution in [0.5, 0.6) is 0 Å². The molecule has 13 heteroatoms. The number of aryl methyl sites for hydroxylation is 2. The molecule has 1 aliphatic rings. The van der Waals surface area contributed by atoms with Crippen molar-refractivity contribution < 1.29 is 8.42 Å². The van der Waals surface area contributed by atoms with Gasteiger partial charge < -0.3 is 5.32 Å². The Bertz CT molecular complexity index is 1670. The van der Waals surface area contributed by atoms with Crippen molar-refractivity contribution in [2.75, 3.05) is 18.1 Å². The molecule has 4 rings (SSSR count). The number of rotatable bonds is 9. The number of sulfone groups is 1. The monoisotopic (exact) mass is 551 g/mol. The van der Waals surface area contributed by atoms with Gasteiger partial charge in [-0.1, -0.05) is 6.92 Å². The molecule has 0 aromatic carbocycles. The van der Waals surface area contributed by atoms with Gasteiger partial charge in [0, 0.05) is 18.2 Å². The lowest BCUT2D eigenvalue weighted by Crippen LogP contribution is -2.29. The molecule has 206 valence electrons. The number of hydrogen-bond donors (Lipinski definition) is 1. The smallest absolute Gasteiger partial charge is 0.295 e. The zero-order chi connectivity index (χ0) is 28.5. The lowest BCUT2D eigenvalue weighted by Gasteiger charge is -2.19. The highest BCUT2D eigenvalue weighted by atomic mass is 32.2. The first-order valence-corrected chi connectivity index (χ1v) is 14.6. The van der Waals surface area contributed by atoms with Gasteiger partial charge in [0.05, 0.1) is 41.1 Å². The Morgan fingerprint density at radius 2 is 1.95 bits per heavy atom. The molecule has 39 heavy (non-hydrogen) atoms. The van der Waals surface area contributed by atoms with E-state index in [1.54, 1.807) is 10.9 Å². The van der Waals surface area contributed by atoms with Crippen molar-refractivity contribution in [1.29, 1.82) is 0 Å².